The van der Waals surface area contributed by atoms with Gasteiger partial charge in [-0.15, -0.1) is 11.3 Å². The first-order chi connectivity index (χ1) is 11.3. The maximum absolute atomic E-state index is 13.1. The molecule has 0 bridgehead atoms. The van der Waals surface area contributed by atoms with E-state index in [9.17, 15) is 4.79 Å². The van der Waals surface area contributed by atoms with Gasteiger partial charge in [0.2, 0.25) is 0 Å². The summed E-state index contributed by atoms with van der Waals surface area (Å²) in [7, 11) is 1.68. The van der Waals surface area contributed by atoms with Crippen LogP contribution in [0.25, 0.3) is 0 Å². The van der Waals surface area contributed by atoms with E-state index in [1.807, 2.05) is 34.5 Å². The number of para-hydroxylation sites is 1. The number of benzene rings is 1. The smallest absolute Gasteiger partial charge is 0.264 e. The van der Waals surface area contributed by atoms with Crippen molar-refractivity contribution in [3.05, 3.63) is 51.7 Å². The number of thiophene rings is 1. The van der Waals surface area contributed by atoms with E-state index >= 15 is 0 Å². The van der Waals surface area contributed by atoms with E-state index in [0.29, 0.717) is 6.54 Å². The second-order valence-electron chi connectivity index (χ2n) is 5.59. The van der Waals surface area contributed by atoms with E-state index in [-0.39, 0.29) is 11.9 Å². The Morgan fingerprint density at radius 3 is 3.00 bits per heavy atom. The Bertz CT molecular complexity index is 683. The van der Waals surface area contributed by atoms with Gasteiger partial charge in [-0.2, -0.15) is 0 Å². The third-order valence-electron chi connectivity index (χ3n) is 4.32. The largest absolute Gasteiger partial charge is 0.496 e. The molecule has 5 heteroatoms. The number of rotatable bonds is 4. The molecular formula is C18H22N2O2S. The Balaban J connectivity index is 1.94. The van der Waals surface area contributed by atoms with Gasteiger partial charge in [0.05, 0.1) is 18.0 Å². The molecule has 0 spiro atoms. The highest BCUT2D eigenvalue weighted by Crippen LogP contribution is 2.32. The number of carbonyl (C=O) groups excluding carboxylic acids is 1. The van der Waals surface area contributed by atoms with Crippen molar-refractivity contribution in [1.82, 2.24) is 10.2 Å². The molecule has 122 valence electrons. The highest BCUT2D eigenvalue weighted by atomic mass is 32.1. The molecule has 1 saturated heterocycles. The minimum atomic E-state index is -0.000735. The highest BCUT2D eigenvalue weighted by Gasteiger charge is 2.31. The van der Waals surface area contributed by atoms with Crippen LogP contribution in [0, 0.1) is 0 Å². The van der Waals surface area contributed by atoms with Gasteiger partial charge in [-0.1, -0.05) is 25.1 Å². The van der Waals surface area contributed by atoms with Crippen LogP contribution >= 0.6 is 11.3 Å². The fourth-order valence-corrected chi connectivity index (χ4v) is 4.05. The number of ether oxygens (including phenoxy) is 1. The molecule has 1 aromatic carbocycles. The van der Waals surface area contributed by atoms with E-state index in [4.69, 9.17) is 4.74 Å². The summed E-state index contributed by atoms with van der Waals surface area (Å²) in [6.45, 7) is 4.38. The average molecular weight is 330 g/mol. The molecule has 1 unspecified atom stereocenters. The summed E-state index contributed by atoms with van der Waals surface area (Å²) >= 11 is 1.54. The Kier molecular flexibility index (Phi) is 4.98. The van der Waals surface area contributed by atoms with Crippen molar-refractivity contribution in [1.29, 1.82) is 0 Å². The van der Waals surface area contributed by atoms with Crippen molar-refractivity contribution in [2.24, 2.45) is 0 Å². The first kappa shape index (κ1) is 16.0. The van der Waals surface area contributed by atoms with Crippen LogP contribution in [-0.2, 0) is 6.42 Å². The lowest BCUT2D eigenvalue weighted by Gasteiger charge is -2.37. The number of amides is 1. The number of carbonyl (C=O) groups is 1. The molecule has 1 amide bonds. The topological polar surface area (TPSA) is 41.6 Å². The zero-order chi connectivity index (χ0) is 16.2. The summed E-state index contributed by atoms with van der Waals surface area (Å²) in [4.78, 5) is 15.9. The molecule has 0 radical (unpaired) electrons. The van der Waals surface area contributed by atoms with Crippen molar-refractivity contribution < 1.29 is 9.53 Å². The number of methoxy groups -OCH3 is 1. The zero-order valence-electron chi connectivity index (χ0n) is 13.5. The second kappa shape index (κ2) is 7.15. The molecule has 1 aliphatic rings. The minimum absolute atomic E-state index is 0.000735. The molecular weight excluding hydrogens is 308 g/mol. The van der Waals surface area contributed by atoms with Crippen LogP contribution in [0.5, 0.6) is 5.75 Å². The Hall–Kier alpha value is -1.85. The number of aryl methyl sites for hydroxylation is 1. The molecule has 23 heavy (non-hydrogen) atoms. The van der Waals surface area contributed by atoms with Crippen LogP contribution in [0.4, 0.5) is 0 Å². The lowest BCUT2D eigenvalue weighted by Crippen LogP contribution is -2.48. The standard InChI is InChI=1S/C18H22N2O2S/c1-3-13-8-11-23-17(13)18(21)20-10-9-19-12-15(20)14-6-4-5-7-16(14)22-2/h4-8,11,15,19H,3,9-10,12H2,1-2H3. The maximum Gasteiger partial charge on any atom is 0.264 e. The lowest BCUT2D eigenvalue weighted by molar-refractivity contribution is 0.0635. The van der Waals surface area contributed by atoms with Gasteiger partial charge < -0.3 is 15.0 Å². The van der Waals surface area contributed by atoms with Crippen LogP contribution in [-0.4, -0.2) is 37.6 Å². The SMILES string of the molecule is CCc1ccsc1C(=O)N1CCNCC1c1ccccc1OC. The van der Waals surface area contributed by atoms with E-state index in [1.54, 1.807) is 18.4 Å². The molecule has 2 heterocycles. The molecule has 1 aromatic heterocycles. The monoisotopic (exact) mass is 330 g/mol. The summed E-state index contributed by atoms with van der Waals surface area (Å²) in [5.41, 5.74) is 2.20. The number of piperazine rings is 1. The Morgan fingerprint density at radius 1 is 1.39 bits per heavy atom. The third-order valence-corrected chi connectivity index (χ3v) is 5.27. The van der Waals surface area contributed by atoms with Crippen LogP contribution in [0.2, 0.25) is 0 Å². The van der Waals surface area contributed by atoms with Crippen molar-refractivity contribution in [2.45, 2.75) is 19.4 Å². The van der Waals surface area contributed by atoms with Gasteiger partial charge in [0.15, 0.2) is 0 Å². The summed E-state index contributed by atoms with van der Waals surface area (Å²) < 4.78 is 5.50. The van der Waals surface area contributed by atoms with E-state index in [0.717, 1.165) is 41.3 Å². The van der Waals surface area contributed by atoms with E-state index in [1.165, 1.54) is 0 Å². The predicted molar refractivity (Wildman–Crippen MR) is 93.3 cm³/mol. The molecule has 1 fully saturated rings. The summed E-state index contributed by atoms with van der Waals surface area (Å²) in [5.74, 6) is 0.968. The van der Waals surface area contributed by atoms with Crippen molar-refractivity contribution in [3.8, 4) is 5.75 Å². The van der Waals surface area contributed by atoms with Gasteiger partial charge in [0.25, 0.3) is 5.91 Å². The highest BCUT2D eigenvalue weighted by molar-refractivity contribution is 7.12. The first-order valence-corrected chi connectivity index (χ1v) is 8.85. The molecule has 3 rings (SSSR count). The number of hydrogen-bond acceptors (Lipinski definition) is 4. The Labute approximate surface area is 141 Å². The molecule has 4 nitrogen and oxygen atoms in total. The fraction of sp³-hybridized carbons (Fsp3) is 0.389. The summed E-state index contributed by atoms with van der Waals surface area (Å²) in [5, 5.41) is 5.40. The average Bonchev–Trinajstić information content (AvgIpc) is 3.09. The first-order valence-electron chi connectivity index (χ1n) is 7.97. The van der Waals surface area contributed by atoms with Crippen LogP contribution in [0.3, 0.4) is 0 Å². The number of nitrogens with zero attached hydrogens (tertiary/aromatic N) is 1. The van der Waals surface area contributed by atoms with Crippen LogP contribution in [0.1, 0.15) is 33.8 Å². The minimum Gasteiger partial charge on any atom is -0.496 e. The van der Waals surface area contributed by atoms with Gasteiger partial charge in [0.1, 0.15) is 5.75 Å². The van der Waals surface area contributed by atoms with Gasteiger partial charge in [0, 0.05) is 25.2 Å². The number of hydrogen-bond donors (Lipinski definition) is 1. The molecule has 2 aromatic rings. The van der Waals surface area contributed by atoms with Crippen molar-refractivity contribution in [2.75, 3.05) is 26.7 Å². The third kappa shape index (κ3) is 3.12. The predicted octanol–water partition coefficient (Wildman–Crippen LogP) is 3.11. The van der Waals surface area contributed by atoms with Gasteiger partial charge in [-0.25, -0.2) is 0 Å². The number of nitrogens with one attached hydrogen (secondary N) is 1. The normalized spacial score (nSPS) is 18.0. The van der Waals surface area contributed by atoms with E-state index < -0.39 is 0 Å². The molecule has 0 aliphatic carbocycles. The Morgan fingerprint density at radius 2 is 2.22 bits per heavy atom. The molecule has 1 aliphatic heterocycles. The van der Waals surface area contributed by atoms with E-state index in [2.05, 4.69) is 18.3 Å². The van der Waals surface area contributed by atoms with Crippen molar-refractivity contribution >= 4 is 17.2 Å². The van der Waals surface area contributed by atoms with Crippen LogP contribution < -0.4 is 10.1 Å². The maximum atomic E-state index is 13.1. The molecule has 1 N–H and O–H groups in total. The fourth-order valence-electron chi connectivity index (χ4n) is 3.10. The summed E-state index contributed by atoms with van der Waals surface area (Å²) in [6.07, 6.45) is 0.885. The van der Waals surface area contributed by atoms with Gasteiger partial charge in [-0.05, 0) is 29.5 Å². The van der Waals surface area contributed by atoms with Gasteiger partial charge >= 0.3 is 0 Å². The molecule has 1 atom stereocenters. The molecule has 0 saturated carbocycles. The second-order valence-corrected chi connectivity index (χ2v) is 6.51. The van der Waals surface area contributed by atoms with Crippen LogP contribution in [0.15, 0.2) is 35.7 Å². The lowest BCUT2D eigenvalue weighted by atomic mass is 10.0. The van der Waals surface area contributed by atoms with Crippen molar-refractivity contribution in [3.63, 3.8) is 0 Å². The quantitative estimate of drug-likeness (QED) is 0.936. The summed E-state index contributed by atoms with van der Waals surface area (Å²) in [6, 6.07) is 10.0. The van der Waals surface area contributed by atoms with Gasteiger partial charge in [-0.3, -0.25) is 4.79 Å². The zero-order valence-corrected chi connectivity index (χ0v) is 14.4.